The lowest BCUT2D eigenvalue weighted by Gasteiger charge is -2.15. The summed E-state index contributed by atoms with van der Waals surface area (Å²) in [6, 6.07) is 0. The van der Waals surface area contributed by atoms with Crippen molar-refractivity contribution in [2.24, 2.45) is 0 Å². The van der Waals surface area contributed by atoms with Crippen LogP contribution in [-0.2, 0) is 6.54 Å². The van der Waals surface area contributed by atoms with E-state index in [2.05, 4.69) is 30.2 Å². The summed E-state index contributed by atoms with van der Waals surface area (Å²) in [6.45, 7) is 4.17. The van der Waals surface area contributed by atoms with Crippen molar-refractivity contribution >= 4 is 23.5 Å². The lowest BCUT2D eigenvalue weighted by molar-refractivity contribution is 0.478. The van der Waals surface area contributed by atoms with Crippen LogP contribution in [0.5, 0.6) is 0 Å². The molecule has 0 aromatic carbocycles. The number of halogens is 1. The molecule has 1 aliphatic heterocycles. The summed E-state index contributed by atoms with van der Waals surface area (Å²) in [7, 11) is 0. The Bertz CT molecular complexity index is 595. The van der Waals surface area contributed by atoms with Gasteiger partial charge in [-0.25, -0.2) is 4.98 Å². The van der Waals surface area contributed by atoms with Gasteiger partial charge in [0.15, 0.2) is 0 Å². The fourth-order valence-electron chi connectivity index (χ4n) is 2.12. The van der Waals surface area contributed by atoms with Crippen LogP contribution in [0.1, 0.15) is 24.5 Å². The standard InChI is InChI=1S/C12H15ClN6O/c1-8-6-14-9(20-8)7-15-11-16-10(13)17-12(18-11)19-4-2-3-5-19/h6H,2-5,7H2,1H3,(H,15,16,17,18). The normalized spacial score (nSPS) is 14.8. The highest BCUT2D eigenvalue weighted by molar-refractivity contribution is 6.28. The number of aryl methyl sites for hydroxylation is 1. The fourth-order valence-corrected chi connectivity index (χ4v) is 2.27. The van der Waals surface area contributed by atoms with Crippen LogP contribution in [0.25, 0.3) is 0 Å². The summed E-state index contributed by atoms with van der Waals surface area (Å²) < 4.78 is 5.38. The number of anilines is 2. The van der Waals surface area contributed by atoms with Gasteiger partial charge in [0.1, 0.15) is 5.76 Å². The highest BCUT2D eigenvalue weighted by atomic mass is 35.5. The van der Waals surface area contributed by atoms with Crippen molar-refractivity contribution in [3.05, 3.63) is 23.1 Å². The highest BCUT2D eigenvalue weighted by Crippen LogP contribution is 2.18. The molecule has 3 heterocycles. The number of aromatic nitrogens is 4. The van der Waals surface area contributed by atoms with E-state index in [9.17, 15) is 0 Å². The quantitative estimate of drug-likeness (QED) is 0.924. The van der Waals surface area contributed by atoms with Crippen molar-refractivity contribution in [2.75, 3.05) is 23.3 Å². The second kappa shape index (κ2) is 5.62. The monoisotopic (exact) mass is 294 g/mol. The zero-order chi connectivity index (χ0) is 13.9. The van der Waals surface area contributed by atoms with Gasteiger partial charge in [0.2, 0.25) is 23.1 Å². The molecule has 7 nitrogen and oxygen atoms in total. The maximum atomic E-state index is 5.95. The molecule has 0 unspecified atom stereocenters. The Kier molecular flexibility index (Phi) is 3.68. The molecular weight excluding hydrogens is 280 g/mol. The Hall–Kier alpha value is -1.89. The molecule has 1 saturated heterocycles. The van der Waals surface area contributed by atoms with Gasteiger partial charge < -0.3 is 14.6 Å². The zero-order valence-corrected chi connectivity index (χ0v) is 11.9. The lowest BCUT2D eigenvalue weighted by atomic mass is 10.4. The van der Waals surface area contributed by atoms with Gasteiger partial charge in [-0.15, -0.1) is 0 Å². The van der Waals surface area contributed by atoms with E-state index in [4.69, 9.17) is 16.0 Å². The molecule has 1 aliphatic rings. The summed E-state index contributed by atoms with van der Waals surface area (Å²) in [4.78, 5) is 18.8. The molecule has 0 radical (unpaired) electrons. The maximum absolute atomic E-state index is 5.95. The van der Waals surface area contributed by atoms with E-state index in [0.717, 1.165) is 31.7 Å². The van der Waals surface area contributed by atoms with Gasteiger partial charge in [0, 0.05) is 13.1 Å². The molecule has 0 aliphatic carbocycles. The molecule has 1 N–H and O–H groups in total. The lowest BCUT2D eigenvalue weighted by Crippen LogP contribution is -2.21. The highest BCUT2D eigenvalue weighted by Gasteiger charge is 2.17. The molecular formula is C12H15ClN6O. The Morgan fingerprint density at radius 3 is 2.80 bits per heavy atom. The van der Waals surface area contributed by atoms with Crippen LogP contribution in [0.4, 0.5) is 11.9 Å². The second-order valence-corrected chi connectivity index (χ2v) is 4.98. The van der Waals surface area contributed by atoms with E-state index >= 15 is 0 Å². The molecule has 3 rings (SSSR count). The van der Waals surface area contributed by atoms with E-state index in [1.54, 1.807) is 6.20 Å². The summed E-state index contributed by atoms with van der Waals surface area (Å²) in [5, 5.41) is 3.24. The molecule has 20 heavy (non-hydrogen) atoms. The molecule has 0 spiro atoms. The van der Waals surface area contributed by atoms with Crippen molar-refractivity contribution in [2.45, 2.75) is 26.3 Å². The van der Waals surface area contributed by atoms with Crippen molar-refractivity contribution in [1.82, 2.24) is 19.9 Å². The maximum Gasteiger partial charge on any atom is 0.231 e. The third kappa shape index (κ3) is 2.98. The van der Waals surface area contributed by atoms with E-state index in [1.807, 2.05) is 6.92 Å². The molecule has 8 heteroatoms. The molecule has 0 saturated carbocycles. The predicted octanol–water partition coefficient (Wildman–Crippen LogP) is 2.03. The minimum atomic E-state index is 0.188. The second-order valence-electron chi connectivity index (χ2n) is 4.64. The third-order valence-corrected chi connectivity index (χ3v) is 3.22. The van der Waals surface area contributed by atoms with Crippen molar-refractivity contribution in [3.63, 3.8) is 0 Å². The number of hydrogen-bond donors (Lipinski definition) is 1. The molecule has 2 aromatic heterocycles. The minimum Gasteiger partial charge on any atom is -0.444 e. The van der Waals surface area contributed by atoms with Crippen molar-refractivity contribution < 1.29 is 4.42 Å². The van der Waals surface area contributed by atoms with Crippen LogP contribution in [0.15, 0.2) is 10.6 Å². The van der Waals surface area contributed by atoms with Gasteiger partial charge in [0.25, 0.3) is 0 Å². The number of hydrogen-bond acceptors (Lipinski definition) is 7. The summed E-state index contributed by atoms with van der Waals surface area (Å²) in [5.74, 6) is 2.41. The smallest absolute Gasteiger partial charge is 0.231 e. The van der Waals surface area contributed by atoms with E-state index in [-0.39, 0.29) is 5.28 Å². The molecule has 0 amide bonds. The third-order valence-electron chi connectivity index (χ3n) is 3.05. The Morgan fingerprint density at radius 1 is 1.30 bits per heavy atom. The predicted molar refractivity (Wildman–Crippen MR) is 74.9 cm³/mol. The van der Waals surface area contributed by atoms with Crippen LogP contribution >= 0.6 is 11.6 Å². The SMILES string of the molecule is Cc1cnc(CNc2nc(Cl)nc(N3CCCC3)n2)o1. The van der Waals surface area contributed by atoms with Gasteiger partial charge in [0.05, 0.1) is 12.7 Å². The molecule has 1 fully saturated rings. The first-order valence-electron chi connectivity index (χ1n) is 6.52. The van der Waals surface area contributed by atoms with Crippen LogP contribution in [0.3, 0.4) is 0 Å². The van der Waals surface area contributed by atoms with E-state index in [1.165, 1.54) is 0 Å². The van der Waals surface area contributed by atoms with Gasteiger partial charge >= 0.3 is 0 Å². The average molecular weight is 295 g/mol. The van der Waals surface area contributed by atoms with E-state index < -0.39 is 0 Å². The Morgan fingerprint density at radius 2 is 2.10 bits per heavy atom. The summed E-state index contributed by atoms with van der Waals surface area (Å²) in [6.07, 6.45) is 3.98. The van der Waals surface area contributed by atoms with Crippen molar-refractivity contribution in [3.8, 4) is 0 Å². The number of nitrogens with one attached hydrogen (secondary N) is 1. The Labute approximate surface area is 121 Å². The first-order valence-corrected chi connectivity index (χ1v) is 6.90. The van der Waals surface area contributed by atoms with Crippen LogP contribution in [-0.4, -0.2) is 33.0 Å². The first-order chi connectivity index (χ1) is 9.70. The number of rotatable bonds is 4. The molecule has 0 bridgehead atoms. The van der Waals surface area contributed by atoms with Gasteiger partial charge in [-0.1, -0.05) is 0 Å². The Balaban J connectivity index is 1.72. The van der Waals surface area contributed by atoms with Crippen molar-refractivity contribution in [1.29, 1.82) is 0 Å². The average Bonchev–Trinajstić information content (AvgIpc) is 3.07. The molecule has 0 atom stereocenters. The zero-order valence-electron chi connectivity index (χ0n) is 11.1. The van der Waals surface area contributed by atoms with Gasteiger partial charge in [-0.3, -0.25) is 0 Å². The number of nitrogens with zero attached hydrogens (tertiary/aromatic N) is 5. The topological polar surface area (TPSA) is 80.0 Å². The van der Waals surface area contributed by atoms with Crippen LogP contribution in [0, 0.1) is 6.92 Å². The fraction of sp³-hybridized carbons (Fsp3) is 0.500. The minimum absolute atomic E-state index is 0.188. The molecule has 2 aromatic rings. The largest absolute Gasteiger partial charge is 0.444 e. The first kappa shape index (κ1) is 13.1. The van der Waals surface area contributed by atoms with Crippen LogP contribution in [0.2, 0.25) is 5.28 Å². The molecule has 106 valence electrons. The van der Waals surface area contributed by atoms with Gasteiger partial charge in [-0.2, -0.15) is 15.0 Å². The summed E-state index contributed by atoms with van der Waals surface area (Å²) >= 11 is 5.95. The van der Waals surface area contributed by atoms with Crippen LogP contribution < -0.4 is 10.2 Å². The van der Waals surface area contributed by atoms with Gasteiger partial charge in [-0.05, 0) is 31.4 Å². The number of oxazole rings is 1. The summed E-state index contributed by atoms with van der Waals surface area (Å²) in [5.41, 5.74) is 0. The van der Waals surface area contributed by atoms with E-state index in [0.29, 0.717) is 24.3 Å².